The highest BCUT2D eigenvalue weighted by Crippen LogP contribution is 2.28. The molecule has 4 heteroatoms. The van der Waals surface area contributed by atoms with Crippen molar-refractivity contribution < 1.29 is 9.13 Å². The third kappa shape index (κ3) is 3.07. The Morgan fingerprint density at radius 2 is 1.95 bits per heavy atom. The molecule has 3 nitrogen and oxygen atoms in total. The van der Waals surface area contributed by atoms with Crippen LogP contribution in [0.4, 0.5) is 10.1 Å². The normalized spacial score (nSPS) is 10.1. The number of halogens is 1. The van der Waals surface area contributed by atoms with Crippen molar-refractivity contribution in [2.45, 2.75) is 20.5 Å². The van der Waals surface area contributed by atoms with Gasteiger partial charge in [0.2, 0.25) is 0 Å². The maximum Gasteiger partial charge on any atom is 0.145 e. The molecule has 0 aliphatic heterocycles. The summed E-state index contributed by atoms with van der Waals surface area (Å²) >= 11 is 0. The zero-order valence-corrected chi connectivity index (χ0v) is 11.4. The van der Waals surface area contributed by atoms with E-state index in [1.54, 1.807) is 6.07 Å². The second kappa shape index (κ2) is 5.62. The predicted molar refractivity (Wildman–Crippen MR) is 75.8 cm³/mol. The number of benzene rings is 2. The zero-order valence-electron chi connectivity index (χ0n) is 11.4. The van der Waals surface area contributed by atoms with Crippen molar-refractivity contribution in [1.82, 2.24) is 0 Å². The number of nitrogens with two attached hydrogens (primary N) is 1. The summed E-state index contributed by atoms with van der Waals surface area (Å²) in [4.78, 5) is 0. The number of ether oxygens (including phenoxy) is 1. The number of anilines is 1. The second-order valence-corrected chi connectivity index (χ2v) is 4.75. The molecule has 0 heterocycles. The largest absolute Gasteiger partial charge is 0.486 e. The lowest BCUT2D eigenvalue weighted by molar-refractivity contribution is 0.305. The average Bonchev–Trinajstić information content (AvgIpc) is 2.36. The molecule has 0 spiro atoms. The third-order valence-electron chi connectivity index (χ3n) is 2.92. The molecule has 0 fully saturated rings. The molecule has 0 amide bonds. The number of hydrogen-bond donors (Lipinski definition) is 1. The summed E-state index contributed by atoms with van der Waals surface area (Å²) in [5.74, 6) is 0.148. The predicted octanol–water partition coefficient (Wildman–Crippen LogP) is 3.48. The lowest BCUT2D eigenvalue weighted by Crippen LogP contribution is -2.02. The summed E-state index contributed by atoms with van der Waals surface area (Å²) in [6, 6.07) is 9.85. The fourth-order valence-electron chi connectivity index (χ4n) is 2.14. The summed E-state index contributed by atoms with van der Waals surface area (Å²) in [5, 5.41) is 8.81. The van der Waals surface area contributed by atoms with Crippen molar-refractivity contribution in [2.75, 3.05) is 5.73 Å². The Hall–Kier alpha value is -2.54. The van der Waals surface area contributed by atoms with E-state index in [1.165, 1.54) is 12.1 Å². The summed E-state index contributed by atoms with van der Waals surface area (Å²) in [6.45, 7) is 4.03. The van der Waals surface area contributed by atoms with Crippen molar-refractivity contribution in [3.8, 4) is 11.8 Å². The maximum atomic E-state index is 13.3. The van der Waals surface area contributed by atoms with Crippen LogP contribution in [0.3, 0.4) is 0 Å². The van der Waals surface area contributed by atoms with Gasteiger partial charge in [0.25, 0.3) is 0 Å². The molecule has 2 aromatic carbocycles. The Bertz CT molecular complexity index is 666. The molecular weight excluding hydrogens is 255 g/mol. The lowest BCUT2D eigenvalue weighted by Gasteiger charge is -2.13. The van der Waals surface area contributed by atoms with Gasteiger partial charge in [-0.2, -0.15) is 5.26 Å². The molecule has 0 aromatic heterocycles. The first-order valence-corrected chi connectivity index (χ1v) is 6.18. The van der Waals surface area contributed by atoms with Crippen LogP contribution in [0.5, 0.6) is 5.75 Å². The Morgan fingerprint density at radius 3 is 2.60 bits per heavy atom. The molecule has 102 valence electrons. The Labute approximate surface area is 117 Å². The van der Waals surface area contributed by atoms with E-state index in [1.807, 2.05) is 32.0 Å². The van der Waals surface area contributed by atoms with Gasteiger partial charge < -0.3 is 10.5 Å². The second-order valence-electron chi connectivity index (χ2n) is 4.75. The van der Waals surface area contributed by atoms with Crippen molar-refractivity contribution in [2.24, 2.45) is 0 Å². The molecule has 0 atom stereocenters. The minimum atomic E-state index is -0.448. The van der Waals surface area contributed by atoms with Crippen molar-refractivity contribution in [3.05, 3.63) is 58.4 Å². The molecule has 0 aliphatic rings. The Kier molecular flexibility index (Phi) is 3.90. The molecule has 0 bridgehead atoms. The van der Waals surface area contributed by atoms with Crippen LogP contribution in [-0.2, 0) is 6.61 Å². The zero-order chi connectivity index (χ0) is 14.7. The molecule has 20 heavy (non-hydrogen) atoms. The summed E-state index contributed by atoms with van der Waals surface area (Å²) in [7, 11) is 0. The fraction of sp³-hybridized carbons (Fsp3) is 0.188. The number of rotatable bonds is 3. The van der Waals surface area contributed by atoms with E-state index < -0.39 is 5.82 Å². The van der Waals surface area contributed by atoms with E-state index in [-0.39, 0.29) is 12.2 Å². The van der Waals surface area contributed by atoms with Gasteiger partial charge in [-0.3, -0.25) is 0 Å². The summed E-state index contributed by atoms with van der Waals surface area (Å²) in [5.41, 5.74) is 9.34. The summed E-state index contributed by atoms with van der Waals surface area (Å²) in [6.07, 6.45) is 0. The molecular formula is C16H15FN2O. The number of aryl methyl sites for hydroxylation is 2. The topological polar surface area (TPSA) is 59.0 Å². The van der Waals surface area contributed by atoms with Gasteiger partial charge in [-0.05, 0) is 54.8 Å². The molecule has 0 radical (unpaired) electrons. The average molecular weight is 270 g/mol. The lowest BCUT2D eigenvalue weighted by atomic mass is 10.1. The molecule has 0 unspecified atom stereocenters. The first-order chi connectivity index (χ1) is 9.49. The van der Waals surface area contributed by atoms with E-state index in [0.29, 0.717) is 17.0 Å². The van der Waals surface area contributed by atoms with E-state index in [4.69, 9.17) is 15.7 Å². The molecule has 0 saturated carbocycles. The van der Waals surface area contributed by atoms with E-state index in [9.17, 15) is 4.39 Å². The van der Waals surface area contributed by atoms with Crippen LogP contribution < -0.4 is 10.5 Å². The first-order valence-electron chi connectivity index (χ1n) is 6.18. The Balaban J connectivity index is 2.21. The van der Waals surface area contributed by atoms with Crippen LogP contribution in [0.25, 0.3) is 0 Å². The van der Waals surface area contributed by atoms with Gasteiger partial charge in [0.1, 0.15) is 18.2 Å². The molecule has 0 saturated heterocycles. The van der Waals surface area contributed by atoms with Gasteiger partial charge in [0.15, 0.2) is 0 Å². The molecule has 0 aliphatic carbocycles. The van der Waals surface area contributed by atoms with Gasteiger partial charge >= 0.3 is 0 Å². The van der Waals surface area contributed by atoms with Gasteiger partial charge in [-0.1, -0.05) is 6.07 Å². The highest BCUT2D eigenvalue weighted by atomic mass is 19.1. The smallest absolute Gasteiger partial charge is 0.145 e. The SMILES string of the molecule is Cc1cc(C)c(OCc2cc(F)cc(C#N)c2)c(N)c1. The number of nitrogen functional groups attached to an aromatic ring is 1. The highest BCUT2D eigenvalue weighted by molar-refractivity contribution is 5.58. The minimum Gasteiger partial charge on any atom is -0.486 e. The fourth-order valence-corrected chi connectivity index (χ4v) is 2.14. The van der Waals surface area contributed by atoms with Gasteiger partial charge in [-0.15, -0.1) is 0 Å². The molecule has 2 rings (SSSR count). The first kappa shape index (κ1) is 13.9. The van der Waals surface area contributed by atoms with E-state index in [0.717, 1.165) is 11.1 Å². The monoisotopic (exact) mass is 270 g/mol. The third-order valence-corrected chi connectivity index (χ3v) is 2.92. The van der Waals surface area contributed by atoms with Crippen LogP contribution in [0.2, 0.25) is 0 Å². The van der Waals surface area contributed by atoms with Gasteiger partial charge in [0, 0.05) is 0 Å². The molecule has 2 N–H and O–H groups in total. The van der Waals surface area contributed by atoms with Gasteiger partial charge in [0.05, 0.1) is 17.3 Å². The van der Waals surface area contributed by atoms with E-state index >= 15 is 0 Å². The van der Waals surface area contributed by atoms with Crippen LogP contribution in [-0.4, -0.2) is 0 Å². The van der Waals surface area contributed by atoms with Crippen molar-refractivity contribution in [1.29, 1.82) is 5.26 Å². The van der Waals surface area contributed by atoms with Crippen LogP contribution >= 0.6 is 0 Å². The van der Waals surface area contributed by atoms with Crippen LogP contribution in [0.1, 0.15) is 22.3 Å². The highest BCUT2D eigenvalue weighted by Gasteiger charge is 2.07. The minimum absolute atomic E-state index is 0.167. The standard InChI is InChI=1S/C16H15FN2O/c1-10-3-11(2)16(15(19)4-10)20-9-13-5-12(8-18)6-14(17)7-13/h3-7H,9,19H2,1-2H3. The van der Waals surface area contributed by atoms with E-state index in [2.05, 4.69) is 0 Å². The van der Waals surface area contributed by atoms with Crippen LogP contribution in [0, 0.1) is 31.0 Å². The van der Waals surface area contributed by atoms with Gasteiger partial charge in [-0.25, -0.2) is 4.39 Å². The maximum absolute atomic E-state index is 13.3. The number of nitrogens with zero attached hydrogens (tertiary/aromatic N) is 1. The van der Waals surface area contributed by atoms with Crippen LogP contribution in [0.15, 0.2) is 30.3 Å². The van der Waals surface area contributed by atoms with Crippen molar-refractivity contribution in [3.63, 3.8) is 0 Å². The quantitative estimate of drug-likeness (QED) is 0.869. The molecule has 2 aromatic rings. The van der Waals surface area contributed by atoms with Crippen molar-refractivity contribution >= 4 is 5.69 Å². The number of hydrogen-bond acceptors (Lipinski definition) is 3. The Morgan fingerprint density at radius 1 is 1.20 bits per heavy atom. The summed E-state index contributed by atoms with van der Waals surface area (Å²) < 4.78 is 19.0. The number of nitriles is 1.